The Morgan fingerprint density at radius 2 is 1.31 bits per heavy atom. The van der Waals surface area contributed by atoms with Gasteiger partial charge in [0.05, 0.1) is 16.9 Å². The number of nitrogens with two attached hydrogens (primary N) is 1. The van der Waals surface area contributed by atoms with Crippen LogP contribution < -0.4 is 27.1 Å². The van der Waals surface area contributed by atoms with Gasteiger partial charge in [-0.25, -0.2) is 18.8 Å². The summed E-state index contributed by atoms with van der Waals surface area (Å²) in [7, 11) is 0. The van der Waals surface area contributed by atoms with Crippen molar-refractivity contribution in [3.63, 3.8) is 0 Å². The zero-order chi connectivity index (χ0) is 40.6. The number of aliphatic imine (C=N–C) groups is 1. The zero-order valence-corrected chi connectivity index (χ0v) is 28.6. The second kappa shape index (κ2) is 17.8. The Morgan fingerprint density at radius 3 is 1.71 bits per heavy atom. The third kappa shape index (κ3) is 12.6. The highest BCUT2D eigenvalue weighted by Gasteiger charge is 2.56. The number of nitrogens with one attached hydrogen (secondary N) is 4. The van der Waals surface area contributed by atoms with Gasteiger partial charge in [-0.05, 0) is 45.9 Å². The Hall–Kier alpha value is -4.47. The number of amides is 4. The maximum Gasteiger partial charge on any atom is 0.396 e. The lowest BCUT2D eigenvalue weighted by atomic mass is 9.82. The van der Waals surface area contributed by atoms with Gasteiger partial charge in [-0.3, -0.25) is 24.6 Å². The topological polar surface area (TPSA) is 178 Å². The maximum atomic E-state index is 15.2. The van der Waals surface area contributed by atoms with Gasteiger partial charge in [-0.2, -0.15) is 35.1 Å². The molecule has 1 unspecified atom stereocenters. The molecule has 52 heavy (non-hydrogen) atoms. The zero-order valence-electron chi connectivity index (χ0n) is 28.6. The van der Waals surface area contributed by atoms with Crippen LogP contribution in [0.1, 0.15) is 52.7 Å². The average Bonchev–Trinajstić information content (AvgIpc) is 2.97. The third-order valence-electron chi connectivity index (χ3n) is 7.61. The van der Waals surface area contributed by atoms with Crippen molar-refractivity contribution in [1.29, 1.82) is 0 Å². The van der Waals surface area contributed by atoms with Crippen molar-refractivity contribution >= 4 is 35.5 Å². The number of halogens is 10. The molecule has 0 aliphatic carbocycles. The molecular formula is C30H39F10N7O5. The summed E-state index contributed by atoms with van der Waals surface area (Å²) in [6.07, 6.45) is -10.7. The van der Waals surface area contributed by atoms with E-state index in [1.54, 1.807) is 0 Å². The Morgan fingerprint density at radius 1 is 0.865 bits per heavy atom. The van der Waals surface area contributed by atoms with Crippen LogP contribution in [-0.2, 0) is 25.7 Å². The molecule has 7 N–H and O–H groups in total. The van der Waals surface area contributed by atoms with Crippen LogP contribution in [0.4, 0.5) is 43.9 Å². The van der Waals surface area contributed by atoms with Gasteiger partial charge >= 0.3 is 18.9 Å². The maximum absolute atomic E-state index is 15.2. The van der Waals surface area contributed by atoms with Crippen LogP contribution in [0.3, 0.4) is 0 Å². The molecule has 0 heterocycles. The molecule has 0 saturated heterocycles. The predicted octanol–water partition coefficient (Wildman–Crippen LogP) is 3.05. The smallest absolute Gasteiger partial charge is 0.396 e. The summed E-state index contributed by atoms with van der Waals surface area (Å²) >= 11 is 0. The SMILES string of the molecule is CC(=O)NC(C(=O)NC[C@@H](O)CN(Cc1c(F)cc(C(N)=CC=NC(F)F)cc1F)NC(=O)[C@@H](NC(C)=O)C(C)(C)C(F)(F)F)C(C)(C)C(F)(F)F. The highest BCUT2D eigenvalue weighted by atomic mass is 19.4. The number of aliphatic hydroxyl groups is 1. The third-order valence-corrected chi connectivity index (χ3v) is 7.61. The van der Waals surface area contributed by atoms with Crippen molar-refractivity contribution in [2.24, 2.45) is 21.6 Å². The van der Waals surface area contributed by atoms with Crippen LogP contribution in [0, 0.1) is 22.5 Å². The van der Waals surface area contributed by atoms with Gasteiger partial charge in [0.2, 0.25) is 17.7 Å². The van der Waals surface area contributed by atoms with Crippen molar-refractivity contribution in [3.05, 3.63) is 41.0 Å². The van der Waals surface area contributed by atoms with Crippen LogP contribution >= 0.6 is 0 Å². The van der Waals surface area contributed by atoms with Crippen molar-refractivity contribution in [3.8, 4) is 0 Å². The molecule has 0 aromatic heterocycles. The summed E-state index contributed by atoms with van der Waals surface area (Å²) in [6.45, 7) is -2.06. The Labute approximate surface area is 291 Å². The van der Waals surface area contributed by atoms with Crippen LogP contribution in [0.15, 0.2) is 23.2 Å². The number of hydrogen-bond donors (Lipinski definition) is 6. The number of carbonyl (C=O) groups excluding carboxylic acids is 4. The predicted molar refractivity (Wildman–Crippen MR) is 165 cm³/mol. The van der Waals surface area contributed by atoms with Gasteiger partial charge in [0, 0.05) is 56.5 Å². The number of rotatable bonds is 16. The fourth-order valence-electron chi connectivity index (χ4n) is 4.29. The number of allylic oxidation sites excluding steroid dienone is 1. The van der Waals surface area contributed by atoms with Gasteiger partial charge in [-0.15, -0.1) is 0 Å². The first-order chi connectivity index (χ1) is 23.5. The van der Waals surface area contributed by atoms with E-state index in [1.165, 1.54) is 0 Å². The van der Waals surface area contributed by atoms with Gasteiger partial charge in [0.1, 0.15) is 23.7 Å². The lowest BCUT2D eigenvalue weighted by molar-refractivity contribution is -0.222. The lowest BCUT2D eigenvalue weighted by Gasteiger charge is -2.37. The summed E-state index contributed by atoms with van der Waals surface area (Å²) in [4.78, 5) is 52.1. The number of carbonyl (C=O) groups is 4. The van der Waals surface area contributed by atoms with E-state index in [4.69, 9.17) is 5.73 Å². The summed E-state index contributed by atoms with van der Waals surface area (Å²) in [6, 6.07) is -3.33. The standard InChI is InChI=1S/C30H39F10N7O5/c1-14(48)44-22(27(3,4)29(35,36)37)24(51)43-11-17(50)12-47(46-25(52)23(45-15(2)49)28(5,6)30(38,39)40)13-18-19(31)9-16(10-20(18)32)21(41)7-8-42-26(33)34/h7-10,17,22-23,26,50H,11-13,41H2,1-6H3,(H,43,51)(H,44,48)(H,45,49)(H,46,52)/t17-,22?,23-/m1/s1. The molecule has 1 aromatic carbocycles. The summed E-state index contributed by atoms with van der Waals surface area (Å²) in [5.41, 5.74) is 0.101. The van der Waals surface area contributed by atoms with E-state index in [-0.39, 0.29) is 5.56 Å². The van der Waals surface area contributed by atoms with Crippen LogP contribution in [0.5, 0.6) is 0 Å². The van der Waals surface area contributed by atoms with Gasteiger partial charge in [-0.1, -0.05) is 0 Å². The van der Waals surface area contributed by atoms with E-state index in [2.05, 4.69) is 4.99 Å². The van der Waals surface area contributed by atoms with Gasteiger partial charge < -0.3 is 26.8 Å². The molecule has 0 fully saturated rings. The molecule has 294 valence electrons. The molecule has 1 rings (SSSR count). The number of aliphatic hydroxyl groups excluding tert-OH is 1. The minimum absolute atomic E-state index is 0.369. The molecule has 0 saturated carbocycles. The molecule has 1 aromatic rings. The second-order valence-corrected chi connectivity index (χ2v) is 12.6. The number of alkyl halides is 8. The highest BCUT2D eigenvalue weighted by molar-refractivity contribution is 5.88. The summed E-state index contributed by atoms with van der Waals surface area (Å²) in [5, 5.41) is 16.9. The first kappa shape index (κ1) is 45.6. The first-order valence-corrected chi connectivity index (χ1v) is 15.0. The lowest BCUT2D eigenvalue weighted by Crippen LogP contribution is -2.62. The van der Waals surface area contributed by atoms with E-state index >= 15 is 8.78 Å². The second-order valence-electron chi connectivity index (χ2n) is 12.6. The van der Waals surface area contributed by atoms with Gasteiger partial charge in [0.15, 0.2) is 0 Å². The molecule has 0 aliphatic heterocycles. The molecular weight excluding hydrogens is 728 g/mol. The molecule has 0 aliphatic rings. The number of benzene rings is 1. The van der Waals surface area contributed by atoms with E-state index in [0.29, 0.717) is 51.1 Å². The van der Waals surface area contributed by atoms with Crippen molar-refractivity contribution in [1.82, 2.24) is 26.4 Å². The van der Waals surface area contributed by atoms with E-state index < -0.39 is 114 Å². The van der Waals surface area contributed by atoms with Crippen molar-refractivity contribution in [2.75, 3.05) is 13.1 Å². The van der Waals surface area contributed by atoms with Gasteiger partial charge in [0.25, 0.3) is 5.91 Å². The number of nitrogens with zero attached hydrogens (tertiary/aromatic N) is 2. The minimum atomic E-state index is -5.11. The fraction of sp³-hybridized carbons (Fsp3) is 0.567. The number of hydrogen-bond acceptors (Lipinski definition) is 8. The van der Waals surface area contributed by atoms with E-state index in [1.807, 2.05) is 21.4 Å². The first-order valence-electron chi connectivity index (χ1n) is 15.0. The van der Waals surface area contributed by atoms with Crippen LogP contribution in [-0.4, -0.2) is 90.1 Å². The highest BCUT2D eigenvalue weighted by Crippen LogP contribution is 2.41. The van der Waals surface area contributed by atoms with Crippen molar-refractivity contribution < 1.29 is 68.2 Å². The molecule has 12 nitrogen and oxygen atoms in total. The molecule has 0 bridgehead atoms. The fourth-order valence-corrected chi connectivity index (χ4v) is 4.29. The normalized spacial score (nSPS) is 15.0. The summed E-state index contributed by atoms with van der Waals surface area (Å²) in [5.74, 6) is -7.90. The Balaban J connectivity index is 3.53. The average molecular weight is 768 g/mol. The largest absolute Gasteiger partial charge is 0.398 e. The number of hydrazine groups is 1. The molecule has 4 amide bonds. The van der Waals surface area contributed by atoms with E-state index in [0.717, 1.165) is 19.9 Å². The monoisotopic (exact) mass is 767 g/mol. The van der Waals surface area contributed by atoms with E-state index in [9.17, 15) is 59.4 Å². The molecule has 0 radical (unpaired) electrons. The van der Waals surface area contributed by atoms with Crippen molar-refractivity contribution in [2.45, 2.75) is 85.2 Å². The summed E-state index contributed by atoms with van der Waals surface area (Å²) < 4.78 is 138. The molecule has 3 atom stereocenters. The Kier molecular flexibility index (Phi) is 15.6. The Bertz CT molecular complexity index is 1490. The quantitative estimate of drug-likeness (QED) is 0.0648. The molecule has 22 heteroatoms. The molecule has 0 spiro atoms. The minimum Gasteiger partial charge on any atom is -0.398 e. The van der Waals surface area contributed by atoms with Crippen LogP contribution in [0.2, 0.25) is 0 Å². The van der Waals surface area contributed by atoms with Crippen LogP contribution in [0.25, 0.3) is 5.70 Å².